The third kappa shape index (κ3) is 3.09. The molecule has 0 spiro atoms. The first kappa shape index (κ1) is 15.7. The van der Waals surface area contributed by atoms with Crippen molar-refractivity contribution in [3.05, 3.63) is 64.2 Å². The molecule has 0 unspecified atom stereocenters. The molecule has 5 heteroatoms. The van der Waals surface area contributed by atoms with Gasteiger partial charge in [0, 0.05) is 12.2 Å². The van der Waals surface area contributed by atoms with Gasteiger partial charge in [0.25, 0.3) is 5.56 Å². The Morgan fingerprint density at radius 2 is 2.08 bits per heavy atom. The monoisotopic (exact) mass is 335 g/mol. The van der Waals surface area contributed by atoms with Gasteiger partial charge in [-0.25, -0.2) is 4.98 Å². The molecule has 1 N–H and O–H groups in total. The van der Waals surface area contributed by atoms with Crippen LogP contribution in [0.15, 0.2) is 47.3 Å². The maximum Gasteiger partial charge on any atom is 0.258 e. The molecule has 0 amide bonds. The van der Waals surface area contributed by atoms with Gasteiger partial charge in [-0.3, -0.25) is 4.79 Å². The normalized spacial score (nSPS) is 13.5. The number of hydrogen-bond donors (Lipinski definition) is 1. The Morgan fingerprint density at radius 3 is 2.92 bits per heavy atom. The van der Waals surface area contributed by atoms with E-state index in [2.05, 4.69) is 33.1 Å². The summed E-state index contributed by atoms with van der Waals surface area (Å²) in [6.07, 6.45) is 1.10. The first-order valence-electron chi connectivity index (χ1n) is 8.62. The van der Waals surface area contributed by atoms with Crippen molar-refractivity contribution in [1.82, 2.24) is 9.97 Å². The van der Waals surface area contributed by atoms with E-state index in [0.29, 0.717) is 29.0 Å². The first-order valence-corrected chi connectivity index (χ1v) is 8.62. The Labute approximate surface area is 146 Å². The van der Waals surface area contributed by atoms with Crippen molar-refractivity contribution in [3.8, 4) is 5.75 Å². The third-order valence-electron chi connectivity index (χ3n) is 4.42. The van der Waals surface area contributed by atoms with Crippen LogP contribution in [-0.4, -0.2) is 22.6 Å². The molecule has 0 saturated carbocycles. The maximum atomic E-state index is 12.5. The highest BCUT2D eigenvalue weighted by Gasteiger charge is 2.19. The summed E-state index contributed by atoms with van der Waals surface area (Å²) < 4.78 is 5.67. The summed E-state index contributed by atoms with van der Waals surface area (Å²) in [5.74, 6) is 1.38. The van der Waals surface area contributed by atoms with Crippen LogP contribution in [0.25, 0.3) is 10.9 Å². The molecule has 128 valence electrons. The van der Waals surface area contributed by atoms with Gasteiger partial charge in [-0.2, -0.15) is 0 Å². The molecule has 5 nitrogen and oxygen atoms in total. The fourth-order valence-electron chi connectivity index (χ4n) is 3.34. The molecule has 2 heterocycles. The fraction of sp³-hybridized carbons (Fsp3) is 0.300. The molecule has 1 aliphatic heterocycles. The summed E-state index contributed by atoms with van der Waals surface area (Å²) in [5.41, 5.74) is 3.15. The van der Waals surface area contributed by atoms with Crippen LogP contribution in [0.1, 0.15) is 25.2 Å². The lowest BCUT2D eigenvalue weighted by atomic mass is 10.2. The van der Waals surface area contributed by atoms with Crippen LogP contribution in [0.3, 0.4) is 0 Å². The molecule has 2 aromatic carbocycles. The van der Waals surface area contributed by atoms with E-state index in [9.17, 15) is 4.79 Å². The topological polar surface area (TPSA) is 58.2 Å². The number of aromatic nitrogens is 2. The van der Waals surface area contributed by atoms with Crippen LogP contribution in [0.2, 0.25) is 0 Å². The number of nitrogens with one attached hydrogen (secondary N) is 1. The van der Waals surface area contributed by atoms with E-state index in [0.717, 1.165) is 13.0 Å². The Balaban J connectivity index is 1.65. The Kier molecular flexibility index (Phi) is 3.92. The minimum atomic E-state index is -0.123. The minimum Gasteiger partial charge on any atom is -0.491 e. The van der Waals surface area contributed by atoms with Gasteiger partial charge in [-0.05, 0) is 50.1 Å². The van der Waals surface area contributed by atoms with Crippen LogP contribution in [0.5, 0.6) is 5.75 Å². The number of aromatic amines is 1. The molecule has 3 aromatic rings. The molecule has 0 bridgehead atoms. The van der Waals surface area contributed by atoms with Gasteiger partial charge >= 0.3 is 0 Å². The third-order valence-corrected chi connectivity index (χ3v) is 4.42. The van der Waals surface area contributed by atoms with Crippen LogP contribution in [0.4, 0.5) is 5.69 Å². The van der Waals surface area contributed by atoms with E-state index in [1.54, 1.807) is 6.07 Å². The van der Waals surface area contributed by atoms with Gasteiger partial charge in [0.2, 0.25) is 0 Å². The number of H-pyrrole nitrogens is 1. The van der Waals surface area contributed by atoms with E-state index < -0.39 is 0 Å². The quantitative estimate of drug-likeness (QED) is 0.795. The Morgan fingerprint density at radius 1 is 1.24 bits per heavy atom. The standard InChI is InChI=1S/C20H21N3O2/c1-13(2)25-15-7-8-17-16(11-15)20(24)22-19(21-17)12-23-10-9-14-5-3-4-6-18(14)23/h3-8,11,13H,9-10,12H2,1-2H3,(H,21,22,24). The maximum absolute atomic E-state index is 12.5. The summed E-state index contributed by atoms with van der Waals surface area (Å²) in [6.45, 7) is 5.47. The summed E-state index contributed by atoms with van der Waals surface area (Å²) in [6, 6.07) is 13.9. The van der Waals surface area contributed by atoms with Crippen molar-refractivity contribution in [3.63, 3.8) is 0 Å². The molecule has 0 fully saturated rings. The summed E-state index contributed by atoms with van der Waals surface area (Å²) >= 11 is 0. The fourth-order valence-corrected chi connectivity index (χ4v) is 3.34. The van der Waals surface area contributed by atoms with Crippen molar-refractivity contribution in [2.45, 2.75) is 32.9 Å². The van der Waals surface area contributed by atoms with Crippen molar-refractivity contribution in [1.29, 1.82) is 0 Å². The average Bonchev–Trinajstić information content (AvgIpc) is 2.98. The Bertz CT molecular complexity index is 978. The molecule has 0 saturated heterocycles. The molecule has 4 rings (SSSR count). The van der Waals surface area contributed by atoms with Gasteiger partial charge < -0.3 is 14.6 Å². The number of ether oxygens (including phenoxy) is 1. The molecule has 1 aromatic heterocycles. The lowest BCUT2D eigenvalue weighted by molar-refractivity contribution is 0.242. The van der Waals surface area contributed by atoms with E-state index >= 15 is 0 Å². The molecular weight excluding hydrogens is 314 g/mol. The van der Waals surface area contributed by atoms with Crippen LogP contribution >= 0.6 is 0 Å². The highest BCUT2D eigenvalue weighted by atomic mass is 16.5. The largest absolute Gasteiger partial charge is 0.491 e. The van der Waals surface area contributed by atoms with E-state index in [4.69, 9.17) is 4.74 Å². The number of para-hydroxylation sites is 1. The lowest BCUT2D eigenvalue weighted by Crippen LogP contribution is -2.23. The van der Waals surface area contributed by atoms with Gasteiger partial charge in [-0.1, -0.05) is 18.2 Å². The Hall–Kier alpha value is -2.82. The van der Waals surface area contributed by atoms with Gasteiger partial charge in [0.05, 0.1) is 23.6 Å². The van der Waals surface area contributed by atoms with Crippen LogP contribution < -0.4 is 15.2 Å². The molecular formula is C20H21N3O2. The summed E-state index contributed by atoms with van der Waals surface area (Å²) in [5, 5.41) is 0.559. The average molecular weight is 335 g/mol. The summed E-state index contributed by atoms with van der Waals surface area (Å²) in [7, 11) is 0. The number of rotatable bonds is 4. The van der Waals surface area contributed by atoms with E-state index in [1.165, 1.54) is 11.3 Å². The zero-order chi connectivity index (χ0) is 17.4. The summed E-state index contributed by atoms with van der Waals surface area (Å²) in [4.78, 5) is 22.3. The molecule has 0 aliphatic carbocycles. The first-order chi connectivity index (χ1) is 12.1. The van der Waals surface area contributed by atoms with Gasteiger partial charge in [0.1, 0.15) is 11.6 Å². The van der Waals surface area contributed by atoms with Gasteiger partial charge in [0.15, 0.2) is 0 Å². The second kappa shape index (κ2) is 6.24. The minimum absolute atomic E-state index is 0.0685. The number of hydrogen-bond acceptors (Lipinski definition) is 4. The SMILES string of the molecule is CC(C)Oc1ccc2nc(CN3CCc4ccccc43)[nH]c(=O)c2c1. The molecule has 0 radical (unpaired) electrons. The van der Waals surface area contributed by atoms with Gasteiger partial charge in [-0.15, -0.1) is 0 Å². The molecule has 1 aliphatic rings. The second-order valence-electron chi connectivity index (χ2n) is 6.66. The van der Waals surface area contributed by atoms with Crippen molar-refractivity contribution in [2.75, 3.05) is 11.4 Å². The van der Waals surface area contributed by atoms with Crippen LogP contribution in [-0.2, 0) is 13.0 Å². The lowest BCUT2D eigenvalue weighted by Gasteiger charge is -2.18. The van der Waals surface area contributed by atoms with E-state index in [1.807, 2.05) is 32.0 Å². The van der Waals surface area contributed by atoms with Crippen molar-refractivity contribution < 1.29 is 4.74 Å². The van der Waals surface area contributed by atoms with Crippen molar-refractivity contribution >= 4 is 16.6 Å². The number of fused-ring (bicyclic) bond motifs is 2. The van der Waals surface area contributed by atoms with Crippen molar-refractivity contribution in [2.24, 2.45) is 0 Å². The number of benzene rings is 2. The predicted octanol–water partition coefficient (Wildman–Crippen LogP) is 3.27. The smallest absolute Gasteiger partial charge is 0.258 e. The zero-order valence-corrected chi connectivity index (χ0v) is 14.5. The highest BCUT2D eigenvalue weighted by molar-refractivity contribution is 5.79. The zero-order valence-electron chi connectivity index (χ0n) is 14.5. The highest BCUT2D eigenvalue weighted by Crippen LogP contribution is 2.28. The van der Waals surface area contributed by atoms with Crippen LogP contribution in [0, 0.1) is 0 Å². The number of anilines is 1. The molecule has 0 atom stereocenters. The predicted molar refractivity (Wildman–Crippen MR) is 99.3 cm³/mol. The number of nitrogens with zero attached hydrogens (tertiary/aromatic N) is 2. The van der Waals surface area contributed by atoms with E-state index in [-0.39, 0.29) is 11.7 Å². The molecule has 25 heavy (non-hydrogen) atoms. The second-order valence-corrected chi connectivity index (χ2v) is 6.66.